The van der Waals surface area contributed by atoms with Crippen LogP contribution in [0.3, 0.4) is 0 Å². The lowest BCUT2D eigenvalue weighted by atomic mass is 9.79. The highest BCUT2D eigenvalue weighted by Gasteiger charge is 2.38. The summed E-state index contributed by atoms with van der Waals surface area (Å²) in [6.45, 7) is 13.2. The van der Waals surface area contributed by atoms with Gasteiger partial charge in [-0.1, -0.05) is 26.2 Å². The first kappa shape index (κ1) is 23.1. The van der Waals surface area contributed by atoms with E-state index >= 15 is 0 Å². The topological polar surface area (TPSA) is 73.9 Å². The number of nitrogens with one attached hydrogen (secondary N) is 2. The van der Waals surface area contributed by atoms with Gasteiger partial charge in [-0.3, -0.25) is 19.4 Å². The molecule has 7 heteroatoms. The second kappa shape index (κ2) is 10.6. The zero-order valence-electron chi connectivity index (χ0n) is 18.3. The molecule has 28 heavy (non-hydrogen) atoms. The van der Waals surface area contributed by atoms with Crippen LogP contribution in [0, 0.1) is 0 Å². The van der Waals surface area contributed by atoms with Crippen molar-refractivity contribution in [2.75, 3.05) is 52.5 Å². The van der Waals surface area contributed by atoms with Crippen LogP contribution in [0.5, 0.6) is 0 Å². The Kier molecular flexibility index (Phi) is 8.71. The minimum absolute atomic E-state index is 0.00335. The summed E-state index contributed by atoms with van der Waals surface area (Å²) in [7, 11) is 0. The predicted octanol–water partition coefficient (Wildman–Crippen LogP) is 1.37. The predicted molar refractivity (Wildman–Crippen MR) is 111 cm³/mol. The van der Waals surface area contributed by atoms with E-state index in [0.717, 1.165) is 39.1 Å². The molecule has 7 nitrogen and oxygen atoms in total. The third-order valence-corrected chi connectivity index (χ3v) is 5.78. The van der Waals surface area contributed by atoms with E-state index in [4.69, 9.17) is 4.74 Å². The first-order valence-electron chi connectivity index (χ1n) is 10.9. The second-order valence-corrected chi connectivity index (χ2v) is 9.26. The lowest BCUT2D eigenvalue weighted by molar-refractivity contribution is -0.126. The fourth-order valence-corrected chi connectivity index (χ4v) is 4.31. The highest BCUT2D eigenvalue weighted by atomic mass is 16.5. The lowest BCUT2D eigenvalue weighted by Crippen LogP contribution is -2.60. The molecule has 1 saturated carbocycles. The summed E-state index contributed by atoms with van der Waals surface area (Å²) in [6.07, 6.45) is 6.01. The standard InChI is InChI=1S/C21H40N4O3/c1-5-24(16-19(27)23-20(2,3)4)15-18(26)22-17-21(9-7-6-8-10-21)25-11-13-28-14-12-25/h5-17H2,1-4H3,(H,22,26)(H,23,27). The summed E-state index contributed by atoms with van der Waals surface area (Å²) in [5.41, 5.74) is -0.192. The zero-order chi connectivity index (χ0) is 20.6. The van der Waals surface area contributed by atoms with Crippen LogP contribution in [0.4, 0.5) is 0 Å². The van der Waals surface area contributed by atoms with Crippen LogP contribution in [0.25, 0.3) is 0 Å². The first-order valence-corrected chi connectivity index (χ1v) is 10.9. The van der Waals surface area contributed by atoms with Crippen LogP contribution >= 0.6 is 0 Å². The van der Waals surface area contributed by atoms with Crippen molar-refractivity contribution in [3.05, 3.63) is 0 Å². The van der Waals surface area contributed by atoms with Crippen LogP contribution in [0.15, 0.2) is 0 Å². The Balaban J connectivity index is 1.86. The summed E-state index contributed by atoms with van der Waals surface area (Å²) in [5.74, 6) is -0.0390. The van der Waals surface area contributed by atoms with E-state index < -0.39 is 0 Å². The Labute approximate surface area is 170 Å². The molecule has 162 valence electrons. The van der Waals surface area contributed by atoms with Gasteiger partial charge in [-0.2, -0.15) is 0 Å². The van der Waals surface area contributed by atoms with Gasteiger partial charge in [-0.25, -0.2) is 0 Å². The highest BCUT2D eigenvalue weighted by molar-refractivity contribution is 5.81. The van der Waals surface area contributed by atoms with E-state index in [9.17, 15) is 9.59 Å². The van der Waals surface area contributed by atoms with Crippen molar-refractivity contribution in [2.24, 2.45) is 0 Å². The van der Waals surface area contributed by atoms with Gasteiger partial charge in [0.2, 0.25) is 11.8 Å². The number of amides is 2. The van der Waals surface area contributed by atoms with Crippen molar-refractivity contribution in [2.45, 2.75) is 70.9 Å². The number of hydrogen-bond donors (Lipinski definition) is 2. The number of likely N-dealkylation sites (N-methyl/N-ethyl adjacent to an activating group) is 1. The number of hydrogen-bond acceptors (Lipinski definition) is 5. The van der Waals surface area contributed by atoms with E-state index in [0.29, 0.717) is 13.1 Å². The normalized spacial score (nSPS) is 20.8. The minimum Gasteiger partial charge on any atom is -0.379 e. The number of nitrogens with zero attached hydrogens (tertiary/aromatic N) is 2. The summed E-state index contributed by atoms with van der Waals surface area (Å²) in [6, 6.07) is 0. The van der Waals surface area contributed by atoms with Gasteiger partial charge in [0.25, 0.3) is 0 Å². The summed E-state index contributed by atoms with van der Waals surface area (Å²) in [5, 5.41) is 6.14. The Bertz CT molecular complexity index is 506. The Hall–Kier alpha value is -1.18. The smallest absolute Gasteiger partial charge is 0.234 e. The van der Waals surface area contributed by atoms with Gasteiger partial charge in [0.15, 0.2) is 0 Å². The summed E-state index contributed by atoms with van der Waals surface area (Å²) < 4.78 is 5.53. The fourth-order valence-electron chi connectivity index (χ4n) is 4.31. The van der Waals surface area contributed by atoms with E-state index in [2.05, 4.69) is 15.5 Å². The molecular formula is C21H40N4O3. The van der Waals surface area contributed by atoms with Gasteiger partial charge in [-0.15, -0.1) is 0 Å². The lowest BCUT2D eigenvalue weighted by Gasteiger charge is -2.48. The molecule has 1 aliphatic carbocycles. The highest BCUT2D eigenvalue weighted by Crippen LogP contribution is 2.33. The quantitative estimate of drug-likeness (QED) is 0.648. The Morgan fingerprint density at radius 2 is 1.64 bits per heavy atom. The number of carbonyl (C=O) groups excluding carboxylic acids is 2. The molecule has 1 heterocycles. The van der Waals surface area contributed by atoms with Crippen molar-refractivity contribution >= 4 is 11.8 Å². The van der Waals surface area contributed by atoms with E-state index in [1.54, 1.807) is 0 Å². The Morgan fingerprint density at radius 3 is 2.21 bits per heavy atom. The molecule has 0 atom stereocenters. The molecule has 2 fully saturated rings. The number of ether oxygens (including phenoxy) is 1. The molecule has 1 saturated heterocycles. The maximum absolute atomic E-state index is 12.6. The first-order chi connectivity index (χ1) is 13.2. The zero-order valence-corrected chi connectivity index (χ0v) is 18.3. The van der Waals surface area contributed by atoms with Gasteiger partial charge in [0.1, 0.15) is 0 Å². The maximum Gasteiger partial charge on any atom is 0.234 e. The summed E-state index contributed by atoms with van der Waals surface area (Å²) >= 11 is 0. The molecule has 0 spiro atoms. The van der Waals surface area contributed by atoms with E-state index in [-0.39, 0.29) is 36.0 Å². The molecule has 0 unspecified atom stereocenters. The van der Waals surface area contributed by atoms with Crippen LogP contribution in [-0.4, -0.2) is 85.2 Å². The monoisotopic (exact) mass is 396 g/mol. The molecular weight excluding hydrogens is 356 g/mol. The molecule has 0 aromatic rings. The summed E-state index contributed by atoms with van der Waals surface area (Å²) in [4.78, 5) is 29.2. The molecule has 0 aromatic heterocycles. The van der Waals surface area contributed by atoms with Crippen LogP contribution in [0.2, 0.25) is 0 Å². The van der Waals surface area contributed by atoms with Crippen LogP contribution in [0.1, 0.15) is 59.8 Å². The van der Waals surface area contributed by atoms with Crippen molar-refractivity contribution in [3.63, 3.8) is 0 Å². The van der Waals surface area contributed by atoms with Crippen LogP contribution in [-0.2, 0) is 14.3 Å². The molecule has 2 amide bonds. The van der Waals surface area contributed by atoms with Gasteiger partial charge < -0.3 is 15.4 Å². The Morgan fingerprint density at radius 1 is 1.04 bits per heavy atom. The third kappa shape index (κ3) is 7.33. The average molecular weight is 397 g/mol. The van der Waals surface area contributed by atoms with E-state index in [1.165, 1.54) is 19.3 Å². The molecule has 1 aliphatic heterocycles. The number of rotatable bonds is 8. The van der Waals surface area contributed by atoms with E-state index in [1.807, 2.05) is 32.6 Å². The molecule has 2 N–H and O–H groups in total. The molecule has 2 aliphatic rings. The SMILES string of the molecule is CCN(CC(=O)NCC1(N2CCOCC2)CCCCC1)CC(=O)NC(C)(C)C. The number of carbonyl (C=O) groups is 2. The third-order valence-electron chi connectivity index (χ3n) is 5.78. The minimum atomic E-state index is -0.260. The van der Waals surface area contributed by atoms with Gasteiger partial charge in [-0.05, 0) is 40.2 Å². The fraction of sp³-hybridized carbons (Fsp3) is 0.905. The second-order valence-electron chi connectivity index (χ2n) is 9.26. The molecule has 2 rings (SSSR count). The van der Waals surface area contributed by atoms with Crippen molar-refractivity contribution in [1.82, 2.24) is 20.4 Å². The molecule has 0 radical (unpaired) electrons. The number of morpholine rings is 1. The van der Waals surface area contributed by atoms with Gasteiger partial charge in [0, 0.05) is 30.7 Å². The van der Waals surface area contributed by atoms with Crippen LogP contribution < -0.4 is 10.6 Å². The average Bonchev–Trinajstić information content (AvgIpc) is 2.66. The molecule has 0 bridgehead atoms. The maximum atomic E-state index is 12.6. The van der Waals surface area contributed by atoms with Crippen molar-refractivity contribution in [3.8, 4) is 0 Å². The van der Waals surface area contributed by atoms with Crippen molar-refractivity contribution in [1.29, 1.82) is 0 Å². The van der Waals surface area contributed by atoms with Gasteiger partial charge in [0.05, 0.1) is 26.3 Å². The molecule has 0 aromatic carbocycles. The van der Waals surface area contributed by atoms with Crippen molar-refractivity contribution < 1.29 is 14.3 Å². The largest absolute Gasteiger partial charge is 0.379 e. The van der Waals surface area contributed by atoms with Gasteiger partial charge >= 0.3 is 0 Å².